The largest absolute Gasteiger partial charge is 0.419 e. The van der Waals surface area contributed by atoms with Gasteiger partial charge in [0.2, 0.25) is 0 Å². The summed E-state index contributed by atoms with van der Waals surface area (Å²) in [6.45, 7) is 0. The van der Waals surface area contributed by atoms with E-state index in [1.54, 1.807) is 37.4 Å². The van der Waals surface area contributed by atoms with E-state index in [9.17, 15) is 14.0 Å². The maximum Gasteiger partial charge on any atom is 0.419 e. The van der Waals surface area contributed by atoms with Gasteiger partial charge in [0.15, 0.2) is 11.4 Å². The number of aryl methyl sites for hydroxylation is 1. The normalized spacial score (nSPS) is 11.0. The second-order valence-corrected chi connectivity index (χ2v) is 4.80. The molecule has 0 atom stereocenters. The van der Waals surface area contributed by atoms with E-state index in [1.165, 1.54) is 16.7 Å². The van der Waals surface area contributed by atoms with Crippen molar-refractivity contribution >= 4 is 16.9 Å². The highest BCUT2D eigenvalue weighted by atomic mass is 19.1. The minimum absolute atomic E-state index is 0.0325. The third-order valence-electron chi connectivity index (χ3n) is 3.42. The highest BCUT2D eigenvalue weighted by Crippen LogP contribution is 2.17. The summed E-state index contributed by atoms with van der Waals surface area (Å²) < 4.78 is 20.0. The van der Waals surface area contributed by atoms with Gasteiger partial charge in [-0.15, -0.1) is 0 Å². The number of carbonyl (C=O) groups is 1. The van der Waals surface area contributed by atoms with Crippen LogP contribution >= 0.6 is 0 Å². The van der Waals surface area contributed by atoms with E-state index in [0.717, 1.165) is 0 Å². The molecule has 106 valence electrons. The van der Waals surface area contributed by atoms with E-state index in [-0.39, 0.29) is 12.2 Å². The summed E-state index contributed by atoms with van der Waals surface area (Å²) in [5, 5.41) is 0. The molecule has 3 aromatic rings. The van der Waals surface area contributed by atoms with E-state index >= 15 is 0 Å². The van der Waals surface area contributed by atoms with Crippen molar-refractivity contribution in [2.75, 3.05) is 0 Å². The van der Waals surface area contributed by atoms with Crippen molar-refractivity contribution in [3.8, 4) is 0 Å². The topological polar surface area (TPSA) is 52.2 Å². The fourth-order valence-electron chi connectivity index (χ4n) is 2.22. The lowest BCUT2D eigenvalue weighted by atomic mass is 10.0. The number of fused-ring (bicyclic) bond motifs is 1. The standard InChI is InChI=1S/C16H12FNO3/c1-18-13-7-6-11(9-15(13)21-16(18)20)14(19)8-10-4-2-3-5-12(10)17/h2-7,9H,8H2,1H3. The van der Waals surface area contributed by atoms with Crippen LogP contribution in [-0.4, -0.2) is 10.4 Å². The van der Waals surface area contributed by atoms with Crippen LogP contribution in [0.3, 0.4) is 0 Å². The highest BCUT2D eigenvalue weighted by molar-refractivity contribution is 5.99. The summed E-state index contributed by atoms with van der Waals surface area (Å²) in [7, 11) is 1.59. The molecule has 0 fully saturated rings. The molecular formula is C16H12FNO3. The predicted octanol–water partition coefficient (Wildman–Crippen LogP) is 2.70. The van der Waals surface area contributed by atoms with Gasteiger partial charge >= 0.3 is 5.76 Å². The molecule has 0 saturated carbocycles. The Labute approximate surface area is 119 Å². The molecule has 1 heterocycles. The average molecular weight is 285 g/mol. The molecule has 0 radical (unpaired) electrons. The lowest BCUT2D eigenvalue weighted by Crippen LogP contribution is -2.08. The first-order valence-electron chi connectivity index (χ1n) is 6.42. The fourth-order valence-corrected chi connectivity index (χ4v) is 2.22. The van der Waals surface area contributed by atoms with E-state index in [2.05, 4.69) is 0 Å². The van der Waals surface area contributed by atoms with Crippen molar-refractivity contribution < 1.29 is 13.6 Å². The lowest BCUT2D eigenvalue weighted by molar-refractivity contribution is 0.0992. The van der Waals surface area contributed by atoms with Crippen molar-refractivity contribution in [1.29, 1.82) is 0 Å². The Morgan fingerprint density at radius 1 is 1.24 bits per heavy atom. The number of ketones is 1. The van der Waals surface area contributed by atoms with Crippen molar-refractivity contribution in [3.05, 3.63) is 70.0 Å². The number of hydrogen-bond donors (Lipinski definition) is 0. The van der Waals surface area contributed by atoms with Crippen LogP contribution in [0.25, 0.3) is 11.1 Å². The minimum Gasteiger partial charge on any atom is -0.408 e. The monoisotopic (exact) mass is 285 g/mol. The SMILES string of the molecule is Cn1c(=O)oc2cc(C(=O)Cc3ccccc3F)ccc21. The number of rotatable bonds is 3. The summed E-state index contributed by atoms with van der Waals surface area (Å²) >= 11 is 0. The molecule has 1 aromatic heterocycles. The molecule has 0 unspecified atom stereocenters. The van der Waals surface area contributed by atoms with Crippen LogP contribution in [0.1, 0.15) is 15.9 Å². The van der Waals surface area contributed by atoms with Crippen LogP contribution in [0.5, 0.6) is 0 Å². The van der Waals surface area contributed by atoms with E-state index in [0.29, 0.717) is 22.2 Å². The minimum atomic E-state index is -0.483. The zero-order chi connectivity index (χ0) is 15.0. The number of carbonyl (C=O) groups excluding carboxylic acids is 1. The molecule has 4 nitrogen and oxygen atoms in total. The molecule has 0 saturated heterocycles. The van der Waals surface area contributed by atoms with Gasteiger partial charge < -0.3 is 4.42 Å². The van der Waals surface area contributed by atoms with Crippen LogP contribution in [0.2, 0.25) is 0 Å². The molecule has 3 rings (SSSR count). The van der Waals surface area contributed by atoms with Gasteiger partial charge in [-0.05, 0) is 29.8 Å². The Morgan fingerprint density at radius 3 is 2.76 bits per heavy atom. The molecule has 5 heteroatoms. The van der Waals surface area contributed by atoms with Crippen molar-refractivity contribution in [2.24, 2.45) is 7.05 Å². The van der Waals surface area contributed by atoms with E-state index in [4.69, 9.17) is 4.42 Å². The number of benzene rings is 2. The third-order valence-corrected chi connectivity index (χ3v) is 3.42. The zero-order valence-corrected chi connectivity index (χ0v) is 11.3. The second-order valence-electron chi connectivity index (χ2n) is 4.80. The van der Waals surface area contributed by atoms with Crippen LogP contribution < -0.4 is 5.76 Å². The number of nitrogens with zero attached hydrogens (tertiary/aromatic N) is 1. The zero-order valence-electron chi connectivity index (χ0n) is 11.3. The van der Waals surface area contributed by atoms with Crippen molar-refractivity contribution in [3.63, 3.8) is 0 Å². The molecular weight excluding hydrogens is 273 g/mol. The summed E-state index contributed by atoms with van der Waals surface area (Å²) in [5.74, 6) is -1.12. The predicted molar refractivity (Wildman–Crippen MR) is 75.9 cm³/mol. The average Bonchev–Trinajstić information content (AvgIpc) is 2.76. The van der Waals surface area contributed by atoms with Gasteiger partial charge in [-0.25, -0.2) is 9.18 Å². The maximum absolute atomic E-state index is 13.6. The molecule has 21 heavy (non-hydrogen) atoms. The van der Waals surface area contributed by atoms with Gasteiger partial charge in [-0.2, -0.15) is 0 Å². The van der Waals surface area contributed by atoms with Gasteiger partial charge in [0, 0.05) is 19.0 Å². The van der Waals surface area contributed by atoms with Crippen LogP contribution in [-0.2, 0) is 13.5 Å². The Hall–Kier alpha value is -2.69. The van der Waals surface area contributed by atoms with Crippen LogP contribution in [0, 0.1) is 5.82 Å². The summed E-state index contributed by atoms with van der Waals surface area (Å²) in [6.07, 6.45) is -0.0325. The Bertz CT molecular complexity index is 892. The smallest absolute Gasteiger partial charge is 0.408 e. The molecule has 0 amide bonds. The molecule has 0 spiro atoms. The van der Waals surface area contributed by atoms with Crippen LogP contribution in [0.15, 0.2) is 51.7 Å². The quantitative estimate of drug-likeness (QED) is 0.695. The molecule has 0 aliphatic carbocycles. The molecule has 0 aliphatic rings. The molecule has 0 aliphatic heterocycles. The number of oxazole rings is 1. The molecule has 2 aromatic carbocycles. The van der Waals surface area contributed by atoms with Gasteiger partial charge in [0.25, 0.3) is 0 Å². The van der Waals surface area contributed by atoms with Crippen LogP contribution in [0.4, 0.5) is 4.39 Å². The lowest BCUT2D eigenvalue weighted by Gasteiger charge is -2.03. The first-order valence-corrected chi connectivity index (χ1v) is 6.42. The molecule has 0 bridgehead atoms. The number of halogens is 1. The third kappa shape index (κ3) is 2.38. The van der Waals surface area contributed by atoms with Gasteiger partial charge in [-0.1, -0.05) is 18.2 Å². The second kappa shape index (κ2) is 5.01. The van der Waals surface area contributed by atoms with Crippen molar-refractivity contribution in [1.82, 2.24) is 4.57 Å². The van der Waals surface area contributed by atoms with E-state index < -0.39 is 11.6 Å². The first kappa shape index (κ1) is 13.3. The number of aromatic nitrogens is 1. The van der Waals surface area contributed by atoms with Gasteiger partial charge in [0.05, 0.1) is 5.52 Å². The van der Waals surface area contributed by atoms with E-state index in [1.807, 2.05) is 0 Å². The summed E-state index contributed by atoms with van der Waals surface area (Å²) in [5.41, 5.74) is 1.70. The maximum atomic E-state index is 13.6. The first-order chi connectivity index (χ1) is 10.1. The van der Waals surface area contributed by atoms with Gasteiger partial charge in [0.1, 0.15) is 5.82 Å². The van der Waals surface area contributed by atoms with Crippen molar-refractivity contribution in [2.45, 2.75) is 6.42 Å². The highest BCUT2D eigenvalue weighted by Gasteiger charge is 2.13. The Morgan fingerprint density at radius 2 is 2.00 bits per heavy atom. The molecule has 0 N–H and O–H groups in total. The number of Topliss-reactive ketones (excluding diaryl/α,β-unsaturated/α-hetero) is 1. The summed E-state index contributed by atoms with van der Waals surface area (Å²) in [6, 6.07) is 10.9. The fraction of sp³-hybridized carbons (Fsp3) is 0.125. The summed E-state index contributed by atoms with van der Waals surface area (Å²) in [4.78, 5) is 23.6. The van der Waals surface area contributed by atoms with Gasteiger partial charge in [-0.3, -0.25) is 9.36 Å². The Balaban J connectivity index is 1.95. The Kier molecular flexibility index (Phi) is 3.17. The number of hydrogen-bond acceptors (Lipinski definition) is 3.